The first-order chi connectivity index (χ1) is 14.2. The van der Waals surface area contributed by atoms with Crippen LogP contribution in [-0.4, -0.2) is 0 Å². The standard InChI is InChI=1S/C27H42F2/c1-2-3-4-7-21-10-12-22(13-11-21)8-5-6-9-23-14-16-24(17-15-23)25-18-19-26(28)27(29)20-25/h18-24H,2-17H2,1H3/t21-,22-,23-,24-. The van der Waals surface area contributed by atoms with Gasteiger partial charge in [-0.1, -0.05) is 90.0 Å². The summed E-state index contributed by atoms with van der Waals surface area (Å²) in [6.07, 6.45) is 22.0. The summed E-state index contributed by atoms with van der Waals surface area (Å²) in [7, 11) is 0. The first kappa shape index (κ1) is 22.8. The van der Waals surface area contributed by atoms with Gasteiger partial charge in [-0.2, -0.15) is 0 Å². The highest BCUT2D eigenvalue weighted by molar-refractivity contribution is 5.22. The maximum atomic E-state index is 13.5. The Labute approximate surface area is 177 Å². The lowest BCUT2D eigenvalue weighted by Gasteiger charge is -2.30. The van der Waals surface area contributed by atoms with Gasteiger partial charge in [-0.25, -0.2) is 8.78 Å². The molecule has 0 bridgehead atoms. The van der Waals surface area contributed by atoms with Gasteiger partial charge in [0, 0.05) is 0 Å². The van der Waals surface area contributed by atoms with Crippen LogP contribution in [0.25, 0.3) is 0 Å². The summed E-state index contributed by atoms with van der Waals surface area (Å²) < 4.78 is 26.6. The van der Waals surface area contributed by atoms with Crippen LogP contribution in [0.4, 0.5) is 8.78 Å². The molecule has 29 heavy (non-hydrogen) atoms. The second-order valence-electron chi connectivity index (χ2n) is 10.1. The lowest BCUT2D eigenvalue weighted by molar-refractivity contribution is 0.240. The van der Waals surface area contributed by atoms with Crippen LogP contribution in [0, 0.1) is 29.4 Å². The SMILES string of the molecule is CCCCC[C@H]1CC[C@H](CCCC[C@H]2CC[C@H](c3ccc(F)c(F)c3)CC2)CC1. The smallest absolute Gasteiger partial charge is 0.159 e. The van der Waals surface area contributed by atoms with E-state index >= 15 is 0 Å². The van der Waals surface area contributed by atoms with Gasteiger partial charge in [0.05, 0.1) is 0 Å². The molecule has 1 aromatic carbocycles. The number of benzene rings is 1. The molecule has 2 aliphatic rings. The molecule has 2 heteroatoms. The average Bonchev–Trinajstić information content (AvgIpc) is 2.75. The van der Waals surface area contributed by atoms with E-state index < -0.39 is 11.6 Å². The van der Waals surface area contributed by atoms with Crippen molar-refractivity contribution in [3.05, 3.63) is 35.4 Å². The van der Waals surface area contributed by atoms with Crippen LogP contribution in [0.5, 0.6) is 0 Å². The van der Waals surface area contributed by atoms with Gasteiger partial charge in [0.1, 0.15) is 0 Å². The van der Waals surface area contributed by atoms with Crippen molar-refractivity contribution in [1.29, 1.82) is 0 Å². The Morgan fingerprint density at radius 3 is 1.62 bits per heavy atom. The summed E-state index contributed by atoms with van der Waals surface area (Å²) >= 11 is 0. The van der Waals surface area contributed by atoms with E-state index in [9.17, 15) is 8.78 Å². The normalized spacial score (nSPS) is 27.8. The third-order valence-electron chi connectivity index (χ3n) is 7.92. The first-order valence-corrected chi connectivity index (χ1v) is 12.6. The van der Waals surface area contributed by atoms with E-state index in [1.54, 1.807) is 6.07 Å². The number of hydrogen-bond donors (Lipinski definition) is 0. The minimum Gasteiger partial charge on any atom is -0.204 e. The fourth-order valence-electron chi connectivity index (χ4n) is 5.91. The number of rotatable bonds is 10. The molecule has 0 heterocycles. The molecule has 0 amide bonds. The molecular weight excluding hydrogens is 362 g/mol. The predicted molar refractivity (Wildman–Crippen MR) is 119 cm³/mol. The molecule has 0 radical (unpaired) electrons. The van der Waals surface area contributed by atoms with Crippen LogP contribution in [0.1, 0.15) is 121 Å². The monoisotopic (exact) mass is 404 g/mol. The number of hydrogen-bond acceptors (Lipinski definition) is 0. The zero-order valence-corrected chi connectivity index (χ0v) is 18.6. The quantitative estimate of drug-likeness (QED) is 0.341. The number of unbranched alkanes of at least 4 members (excludes halogenated alkanes) is 3. The van der Waals surface area contributed by atoms with E-state index in [1.165, 1.54) is 102 Å². The minimum absolute atomic E-state index is 0.425. The Morgan fingerprint density at radius 2 is 1.14 bits per heavy atom. The maximum Gasteiger partial charge on any atom is 0.159 e. The summed E-state index contributed by atoms with van der Waals surface area (Å²) in [5, 5.41) is 0. The molecular formula is C27H42F2. The molecule has 1 aromatic rings. The van der Waals surface area contributed by atoms with Crippen LogP contribution in [0.2, 0.25) is 0 Å². The van der Waals surface area contributed by atoms with E-state index in [1.807, 2.05) is 0 Å². The van der Waals surface area contributed by atoms with Gasteiger partial charge in [-0.3, -0.25) is 0 Å². The highest BCUT2D eigenvalue weighted by atomic mass is 19.2. The highest BCUT2D eigenvalue weighted by Gasteiger charge is 2.24. The van der Waals surface area contributed by atoms with Gasteiger partial charge in [0.2, 0.25) is 0 Å². The Hall–Kier alpha value is -0.920. The molecule has 0 aliphatic heterocycles. The molecule has 3 rings (SSSR count). The van der Waals surface area contributed by atoms with Gasteiger partial charge in [0.25, 0.3) is 0 Å². The summed E-state index contributed by atoms with van der Waals surface area (Å²) in [5.41, 5.74) is 0.993. The van der Waals surface area contributed by atoms with Crippen molar-refractivity contribution in [3.63, 3.8) is 0 Å². The first-order valence-electron chi connectivity index (χ1n) is 12.6. The molecule has 0 N–H and O–H groups in total. The van der Waals surface area contributed by atoms with E-state index in [0.29, 0.717) is 5.92 Å². The zero-order valence-electron chi connectivity index (χ0n) is 18.6. The molecule has 2 aliphatic carbocycles. The molecule has 2 fully saturated rings. The highest BCUT2D eigenvalue weighted by Crippen LogP contribution is 2.39. The molecule has 0 aromatic heterocycles. The largest absolute Gasteiger partial charge is 0.204 e. The van der Waals surface area contributed by atoms with Gasteiger partial charge < -0.3 is 0 Å². The Kier molecular flexibility index (Phi) is 9.46. The van der Waals surface area contributed by atoms with E-state index in [2.05, 4.69) is 6.92 Å². The topological polar surface area (TPSA) is 0 Å². The molecule has 0 saturated heterocycles. The average molecular weight is 405 g/mol. The van der Waals surface area contributed by atoms with Gasteiger partial charge in [-0.05, 0) is 67.1 Å². The second kappa shape index (κ2) is 12.1. The Bertz CT molecular complexity index is 580. The van der Waals surface area contributed by atoms with Gasteiger partial charge >= 0.3 is 0 Å². The molecule has 0 unspecified atom stereocenters. The second-order valence-corrected chi connectivity index (χ2v) is 10.1. The number of halogens is 2. The van der Waals surface area contributed by atoms with Gasteiger partial charge in [-0.15, -0.1) is 0 Å². The van der Waals surface area contributed by atoms with Crippen molar-refractivity contribution in [2.45, 2.75) is 116 Å². The molecule has 164 valence electrons. The third-order valence-corrected chi connectivity index (χ3v) is 7.92. The van der Waals surface area contributed by atoms with Crippen molar-refractivity contribution < 1.29 is 8.78 Å². The molecule has 0 atom stereocenters. The van der Waals surface area contributed by atoms with Crippen LogP contribution in [0.3, 0.4) is 0 Å². The van der Waals surface area contributed by atoms with Crippen molar-refractivity contribution in [2.24, 2.45) is 17.8 Å². The summed E-state index contributed by atoms with van der Waals surface area (Å²) in [5.74, 6) is 1.89. The predicted octanol–water partition coefficient (Wildman–Crippen LogP) is 9.19. The third kappa shape index (κ3) is 7.37. The van der Waals surface area contributed by atoms with E-state index in [-0.39, 0.29) is 0 Å². The Morgan fingerprint density at radius 1 is 0.655 bits per heavy atom. The van der Waals surface area contributed by atoms with Crippen LogP contribution < -0.4 is 0 Å². The molecule has 2 saturated carbocycles. The fourth-order valence-corrected chi connectivity index (χ4v) is 5.91. The van der Waals surface area contributed by atoms with Crippen molar-refractivity contribution in [1.82, 2.24) is 0 Å². The van der Waals surface area contributed by atoms with Crippen LogP contribution >= 0.6 is 0 Å². The summed E-state index contributed by atoms with van der Waals surface area (Å²) in [6.45, 7) is 2.30. The maximum absolute atomic E-state index is 13.5. The lowest BCUT2D eigenvalue weighted by atomic mass is 9.76. The van der Waals surface area contributed by atoms with Crippen molar-refractivity contribution in [3.8, 4) is 0 Å². The molecule has 0 spiro atoms. The summed E-state index contributed by atoms with van der Waals surface area (Å²) in [4.78, 5) is 0. The zero-order chi connectivity index (χ0) is 20.5. The molecule has 0 nitrogen and oxygen atoms in total. The van der Waals surface area contributed by atoms with Gasteiger partial charge in [0.15, 0.2) is 11.6 Å². The van der Waals surface area contributed by atoms with E-state index in [0.717, 1.165) is 36.2 Å². The summed E-state index contributed by atoms with van der Waals surface area (Å²) in [6, 6.07) is 4.48. The van der Waals surface area contributed by atoms with Crippen molar-refractivity contribution >= 4 is 0 Å². The Balaban J connectivity index is 1.25. The van der Waals surface area contributed by atoms with Crippen LogP contribution in [-0.2, 0) is 0 Å². The fraction of sp³-hybridized carbons (Fsp3) is 0.778. The van der Waals surface area contributed by atoms with Crippen LogP contribution in [0.15, 0.2) is 18.2 Å². The lowest BCUT2D eigenvalue weighted by Crippen LogP contribution is -2.15. The van der Waals surface area contributed by atoms with Crippen molar-refractivity contribution in [2.75, 3.05) is 0 Å². The van der Waals surface area contributed by atoms with E-state index in [4.69, 9.17) is 0 Å². The minimum atomic E-state index is -0.729.